The molecular weight excluding hydrogens is 247 g/mol. The first-order valence-corrected chi connectivity index (χ1v) is 4.94. The summed E-state index contributed by atoms with van der Waals surface area (Å²) in [5, 5.41) is 11.2. The van der Waals surface area contributed by atoms with Crippen molar-refractivity contribution in [3.63, 3.8) is 0 Å². The zero-order valence-corrected chi connectivity index (χ0v) is 9.26. The van der Waals surface area contributed by atoms with E-state index in [2.05, 4.69) is 20.7 Å². The number of nitrogens with one attached hydrogen (secondary N) is 1. The van der Waals surface area contributed by atoms with E-state index >= 15 is 0 Å². The number of anilines is 1. The molecule has 3 N–H and O–H groups in total. The van der Waals surface area contributed by atoms with Crippen molar-refractivity contribution in [3.8, 4) is 0 Å². The monoisotopic (exact) mass is 254 g/mol. The van der Waals surface area contributed by atoms with Crippen LogP contribution in [-0.2, 0) is 0 Å². The molecule has 0 fully saturated rings. The Kier molecular flexibility index (Phi) is 3.20. The van der Waals surface area contributed by atoms with Crippen LogP contribution in [0, 0.1) is 5.82 Å². The predicted octanol–water partition coefficient (Wildman–Crippen LogP) is 1.23. The number of benzene rings is 1. The Bertz CT molecular complexity index is 532. The van der Waals surface area contributed by atoms with Crippen LogP contribution in [0.4, 0.5) is 10.3 Å². The van der Waals surface area contributed by atoms with Crippen molar-refractivity contribution in [3.05, 3.63) is 40.9 Å². The molecule has 0 amide bonds. The average molecular weight is 255 g/mol. The van der Waals surface area contributed by atoms with Crippen LogP contribution in [0.2, 0.25) is 5.02 Å². The quantitative estimate of drug-likeness (QED) is 0.490. The molecule has 2 rings (SSSR count). The molecule has 1 aromatic carbocycles. The van der Waals surface area contributed by atoms with Gasteiger partial charge in [0.2, 0.25) is 0 Å². The second kappa shape index (κ2) is 4.79. The highest BCUT2D eigenvalue weighted by Crippen LogP contribution is 2.16. The van der Waals surface area contributed by atoms with Crippen LogP contribution >= 0.6 is 11.6 Å². The van der Waals surface area contributed by atoms with Gasteiger partial charge in [-0.25, -0.2) is 14.5 Å². The summed E-state index contributed by atoms with van der Waals surface area (Å²) >= 11 is 5.80. The molecular formula is C9H8ClFN6. The van der Waals surface area contributed by atoms with Crippen molar-refractivity contribution >= 4 is 23.8 Å². The standard InChI is InChI=1S/C9H8ClFN6/c10-7-2-1-3-8(11)6(7)4-13-15-9-16-14-5-17(9)12/h1-5H,12H2,(H,15,16)/b13-4-. The Morgan fingerprint density at radius 1 is 1.53 bits per heavy atom. The lowest BCUT2D eigenvalue weighted by atomic mass is 10.2. The largest absolute Gasteiger partial charge is 0.335 e. The predicted molar refractivity (Wildman–Crippen MR) is 62.8 cm³/mol. The van der Waals surface area contributed by atoms with Gasteiger partial charge in [-0.05, 0) is 12.1 Å². The van der Waals surface area contributed by atoms with E-state index in [0.717, 1.165) is 4.68 Å². The molecule has 0 spiro atoms. The highest BCUT2D eigenvalue weighted by Gasteiger charge is 2.03. The third-order valence-corrected chi connectivity index (χ3v) is 2.26. The van der Waals surface area contributed by atoms with Crippen LogP contribution in [0.5, 0.6) is 0 Å². The summed E-state index contributed by atoms with van der Waals surface area (Å²) in [5.41, 5.74) is 2.69. The Hall–Kier alpha value is -2.15. The molecule has 8 heteroatoms. The van der Waals surface area contributed by atoms with Gasteiger partial charge in [-0.2, -0.15) is 5.10 Å². The molecule has 0 aliphatic carbocycles. The van der Waals surface area contributed by atoms with Crippen LogP contribution in [0.15, 0.2) is 29.6 Å². The lowest BCUT2D eigenvalue weighted by Crippen LogP contribution is -2.10. The maximum absolute atomic E-state index is 13.3. The van der Waals surface area contributed by atoms with Crippen molar-refractivity contribution < 1.29 is 4.39 Å². The molecule has 1 aromatic heterocycles. The van der Waals surface area contributed by atoms with Gasteiger partial charge in [-0.15, -0.1) is 10.2 Å². The summed E-state index contributed by atoms with van der Waals surface area (Å²) < 4.78 is 14.5. The van der Waals surface area contributed by atoms with Crippen molar-refractivity contribution in [1.29, 1.82) is 0 Å². The van der Waals surface area contributed by atoms with E-state index in [4.69, 9.17) is 17.4 Å². The Labute approximate surface area is 101 Å². The number of hydrogen-bond acceptors (Lipinski definition) is 5. The molecule has 6 nitrogen and oxygen atoms in total. The third kappa shape index (κ3) is 2.51. The summed E-state index contributed by atoms with van der Waals surface area (Å²) in [6, 6.07) is 4.37. The zero-order valence-electron chi connectivity index (χ0n) is 8.51. The maximum atomic E-state index is 13.3. The van der Waals surface area contributed by atoms with E-state index < -0.39 is 5.82 Å². The number of aromatic nitrogens is 3. The molecule has 0 bridgehead atoms. The molecule has 2 aromatic rings. The van der Waals surface area contributed by atoms with E-state index in [1.807, 2.05) is 0 Å². The first-order chi connectivity index (χ1) is 8.18. The van der Waals surface area contributed by atoms with Gasteiger partial charge < -0.3 is 5.84 Å². The highest BCUT2D eigenvalue weighted by molar-refractivity contribution is 6.33. The fraction of sp³-hybridized carbons (Fsp3) is 0. The summed E-state index contributed by atoms with van der Waals surface area (Å²) in [5.74, 6) is 5.20. The number of nitrogen functional groups attached to an aromatic ring is 1. The smallest absolute Gasteiger partial charge is 0.263 e. The number of rotatable bonds is 3. The number of hydrogen-bond donors (Lipinski definition) is 2. The summed E-state index contributed by atoms with van der Waals surface area (Å²) in [6.45, 7) is 0. The summed E-state index contributed by atoms with van der Waals surface area (Å²) in [6.07, 6.45) is 2.54. The van der Waals surface area contributed by atoms with Crippen molar-refractivity contribution in [2.75, 3.05) is 11.3 Å². The van der Waals surface area contributed by atoms with Crippen molar-refractivity contribution in [1.82, 2.24) is 14.9 Å². The molecule has 17 heavy (non-hydrogen) atoms. The molecule has 0 unspecified atom stereocenters. The lowest BCUT2D eigenvalue weighted by molar-refractivity contribution is 0.626. The second-order valence-electron chi connectivity index (χ2n) is 3.07. The normalized spacial score (nSPS) is 10.9. The van der Waals surface area contributed by atoms with Gasteiger partial charge in [0, 0.05) is 5.56 Å². The van der Waals surface area contributed by atoms with Crippen molar-refractivity contribution in [2.24, 2.45) is 5.10 Å². The van der Waals surface area contributed by atoms with Crippen LogP contribution < -0.4 is 11.3 Å². The molecule has 0 aliphatic heterocycles. The van der Waals surface area contributed by atoms with Crippen LogP contribution in [0.3, 0.4) is 0 Å². The van der Waals surface area contributed by atoms with Gasteiger partial charge in [0.15, 0.2) is 0 Å². The Morgan fingerprint density at radius 2 is 2.35 bits per heavy atom. The third-order valence-electron chi connectivity index (χ3n) is 1.93. The second-order valence-corrected chi connectivity index (χ2v) is 3.47. The van der Waals surface area contributed by atoms with Crippen molar-refractivity contribution in [2.45, 2.75) is 0 Å². The molecule has 0 atom stereocenters. The van der Waals surface area contributed by atoms with Gasteiger partial charge in [-0.1, -0.05) is 17.7 Å². The average Bonchev–Trinajstić information content (AvgIpc) is 2.69. The molecule has 88 valence electrons. The first-order valence-electron chi connectivity index (χ1n) is 4.56. The van der Waals surface area contributed by atoms with E-state index in [-0.39, 0.29) is 16.5 Å². The number of nitrogens with two attached hydrogens (primary N) is 1. The lowest BCUT2D eigenvalue weighted by Gasteiger charge is -2.00. The summed E-state index contributed by atoms with van der Waals surface area (Å²) in [7, 11) is 0. The number of nitrogens with zero attached hydrogens (tertiary/aromatic N) is 4. The van der Waals surface area contributed by atoms with E-state index in [9.17, 15) is 4.39 Å². The Balaban J connectivity index is 2.14. The fourth-order valence-electron chi connectivity index (χ4n) is 1.11. The van der Waals surface area contributed by atoms with Gasteiger partial charge in [0.05, 0.1) is 11.2 Å². The fourth-order valence-corrected chi connectivity index (χ4v) is 1.32. The molecule has 0 saturated carbocycles. The number of hydrazone groups is 1. The maximum Gasteiger partial charge on any atom is 0.263 e. The van der Waals surface area contributed by atoms with Crippen LogP contribution in [0.1, 0.15) is 5.56 Å². The van der Waals surface area contributed by atoms with Gasteiger partial charge in [-0.3, -0.25) is 0 Å². The van der Waals surface area contributed by atoms with E-state index in [1.54, 1.807) is 6.07 Å². The van der Waals surface area contributed by atoms with Gasteiger partial charge in [0.25, 0.3) is 5.95 Å². The topological polar surface area (TPSA) is 81.1 Å². The Morgan fingerprint density at radius 3 is 3.00 bits per heavy atom. The minimum atomic E-state index is -0.461. The van der Waals surface area contributed by atoms with Crippen LogP contribution in [-0.4, -0.2) is 21.1 Å². The highest BCUT2D eigenvalue weighted by atomic mass is 35.5. The van der Waals surface area contributed by atoms with Gasteiger partial charge >= 0.3 is 0 Å². The summed E-state index contributed by atoms with van der Waals surface area (Å²) in [4.78, 5) is 0. The SMILES string of the molecule is Nn1cnnc1N/N=C\c1c(F)cccc1Cl. The molecule has 0 aliphatic rings. The first kappa shape index (κ1) is 11.3. The van der Waals surface area contributed by atoms with Gasteiger partial charge in [0.1, 0.15) is 12.1 Å². The number of halogens is 2. The van der Waals surface area contributed by atoms with E-state index in [0.29, 0.717) is 0 Å². The minimum Gasteiger partial charge on any atom is -0.335 e. The molecule has 0 saturated heterocycles. The van der Waals surface area contributed by atoms with Crippen LogP contribution in [0.25, 0.3) is 0 Å². The molecule has 0 radical (unpaired) electrons. The van der Waals surface area contributed by atoms with E-state index in [1.165, 1.54) is 24.7 Å². The molecule has 1 heterocycles. The minimum absolute atomic E-state index is 0.185. The zero-order chi connectivity index (χ0) is 12.3.